The molecule has 15 heteroatoms. The van der Waals surface area contributed by atoms with Crippen LogP contribution in [-0.2, 0) is 47.7 Å². The predicted molar refractivity (Wildman–Crippen MR) is 185 cm³/mol. The quantitative estimate of drug-likeness (QED) is 0.0844. The van der Waals surface area contributed by atoms with E-state index in [-0.39, 0.29) is 25.4 Å². The zero-order chi connectivity index (χ0) is 37.3. The molecule has 3 aromatic carbocycles. The first kappa shape index (κ1) is 37.6. The van der Waals surface area contributed by atoms with Crippen molar-refractivity contribution in [3.05, 3.63) is 108 Å². The van der Waals surface area contributed by atoms with Gasteiger partial charge in [-0.3, -0.25) is 24.0 Å². The van der Waals surface area contributed by atoms with Gasteiger partial charge in [-0.05, 0) is 25.0 Å². The van der Waals surface area contributed by atoms with Gasteiger partial charge >= 0.3 is 18.0 Å². The monoisotopic (exact) mass is 731 g/mol. The number of imide groups is 1. The molecule has 2 saturated heterocycles. The first-order chi connectivity index (χ1) is 25.1. The van der Waals surface area contributed by atoms with E-state index in [2.05, 4.69) is 5.32 Å². The normalized spacial score (nSPS) is 19.6. The summed E-state index contributed by atoms with van der Waals surface area (Å²) in [5.74, 6) is -4.76. The topological polar surface area (TPSA) is 175 Å². The Hall–Kier alpha value is -5.70. The van der Waals surface area contributed by atoms with E-state index in [9.17, 15) is 33.6 Å². The summed E-state index contributed by atoms with van der Waals surface area (Å²) < 4.78 is 21.4. The average molecular weight is 732 g/mol. The van der Waals surface area contributed by atoms with Gasteiger partial charge in [0.1, 0.15) is 17.8 Å². The summed E-state index contributed by atoms with van der Waals surface area (Å²) in [6.07, 6.45) is -4.46. The van der Waals surface area contributed by atoms with Crippen LogP contribution < -0.4 is 5.32 Å². The van der Waals surface area contributed by atoms with Crippen LogP contribution in [0.2, 0.25) is 0 Å². The number of nitrogens with one attached hydrogen (secondary N) is 1. The number of β-lactam (4-membered cyclic amide) rings is 1. The molecule has 0 aliphatic carbocycles. The highest BCUT2D eigenvalue weighted by molar-refractivity contribution is 8.00. The summed E-state index contributed by atoms with van der Waals surface area (Å²) in [4.78, 5) is 94.7. The van der Waals surface area contributed by atoms with E-state index >= 15 is 0 Å². The Morgan fingerprint density at radius 1 is 0.885 bits per heavy atom. The van der Waals surface area contributed by atoms with Gasteiger partial charge in [-0.2, -0.15) is 0 Å². The van der Waals surface area contributed by atoms with Crippen LogP contribution in [0.15, 0.2) is 91.0 Å². The first-order valence-electron chi connectivity index (χ1n) is 16.5. The molecule has 2 aliphatic heterocycles. The predicted octanol–water partition coefficient (Wildman–Crippen LogP) is 3.31. The number of ether oxygens (including phenoxy) is 4. The Balaban J connectivity index is 1.49. The second-order valence-electron chi connectivity index (χ2n) is 11.7. The number of hydrogen-bond donors (Lipinski definition) is 1. The third-order valence-electron chi connectivity index (χ3n) is 8.43. The van der Waals surface area contributed by atoms with E-state index in [1.807, 2.05) is 0 Å². The SMILES string of the molecule is CCOC(=O)CC(=O)N(C(=O)OCC)C1(C(=O)OC(c2ccccc2)c2ccccc2)CS[C@@H]2C(NC(=O)C(OC=O)c3ccccc3)C(=O)N2C1. The first-order valence-corrected chi connectivity index (χ1v) is 17.5. The molecule has 4 atom stereocenters. The maximum Gasteiger partial charge on any atom is 0.417 e. The molecule has 0 bridgehead atoms. The van der Waals surface area contributed by atoms with Gasteiger partial charge in [-0.25, -0.2) is 14.5 Å². The summed E-state index contributed by atoms with van der Waals surface area (Å²) >= 11 is 1.01. The number of fused-ring (bicyclic) bond motifs is 1. The van der Waals surface area contributed by atoms with Crippen LogP contribution in [0.1, 0.15) is 49.2 Å². The van der Waals surface area contributed by atoms with Gasteiger partial charge in [-0.15, -0.1) is 11.8 Å². The highest BCUT2D eigenvalue weighted by Crippen LogP contribution is 2.43. The van der Waals surface area contributed by atoms with E-state index in [1.54, 1.807) is 97.9 Å². The van der Waals surface area contributed by atoms with E-state index in [0.717, 1.165) is 11.8 Å². The summed E-state index contributed by atoms with van der Waals surface area (Å²) in [6.45, 7) is 2.44. The highest BCUT2D eigenvalue weighted by Gasteiger charge is 2.63. The molecule has 52 heavy (non-hydrogen) atoms. The number of rotatable bonds is 14. The summed E-state index contributed by atoms with van der Waals surface area (Å²) in [6, 6.07) is 24.8. The molecule has 5 rings (SSSR count). The number of thioether (sulfide) groups is 1. The number of carbonyl (C=O) groups excluding carboxylic acids is 7. The summed E-state index contributed by atoms with van der Waals surface area (Å²) in [7, 11) is 0. The van der Waals surface area contributed by atoms with Gasteiger partial charge in [-0.1, -0.05) is 91.0 Å². The molecule has 272 valence electrons. The minimum atomic E-state index is -2.18. The highest BCUT2D eigenvalue weighted by atomic mass is 32.2. The fourth-order valence-electron chi connectivity index (χ4n) is 6.03. The lowest BCUT2D eigenvalue weighted by Gasteiger charge is -2.55. The molecule has 2 fully saturated rings. The standard InChI is InChI=1S/C37H37N3O11S/c1-3-48-28(43)20-27(42)40(36(47)49-4-2)37(35(46)51-30(24-14-8-5-9-15-24)25-16-10-6-11-17-25)21-39-33(45)29(34(39)52-22-37)38-32(44)31(50-23-41)26-18-12-7-13-19-26/h5-19,23,29-31,34H,3-4,20-22H2,1-2H3,(H,38,44)/t29?,31?,34-,37?/m1/s1. The molecule has 0 aromatic heterocycles. The number of benzene rings is 3. The Bertz CT molecular complexity index is 1740. The number of esters is 2. The van der Waals surface area contributed by atoms with E-state index in [1.165, 1.54) is 11.8 Å². The van der Waals surface area contributed by atoms with Gasteiger partial charge in [0.25, 0.3) is 12.4 Å². The van der Waals surface area contributed by atoms with Crippen molar-refractivity contribution >= 4 is 54.0 Å². The Morgan fingerprint density at radius 2 is 1.44 bits per heavy atom. The Morgan fingerprint density at radius 3 is 1.98 bits per heavy atom. The zero-order valence-corrected chi connectivity index (χ0v) is 29.2. The van der Waals surface area contributed by atoms with E-state index < -0.39 is 77.9 Å². The molecule has 1 N–H and O–H groups in total. The van der Waals surface area contributed by atoms with Crippen LogP contribution in [0.3, 0.4) is 0 Å². The van der Waals surface area contributed by atoms with Crippen LogP contribution in [0.25, 0.3) is 0 Å². The molecular formula is C37H37N3O11S. The minimum Gasteiger partial charge on any atom is -0.466 e. The minimum absolute atomic E-state index is 0.0372. The molecule has 0 spiro atoms. The lowest BCUT2D eigenvalue weighted by atomic mass is 9.93. The van der Waals surface area contributed by atoms with Crippen molar-refractivity contribution in [2.75, 3.05) is 25.5 Å². The second kappa shape index (κ2) is 17.0. The van der Waals surface area contributed by atoms with Crippen molar-refractivity contribution < 1.29 is 52.5 Å². The van der Waals surface area contributed by atoms with Crippen LogP contribution in [0.4, 0.5) is 4.79 Å². The molecule has 2 aliphatic rings. The fourth-order valence-corrected chi connectivity index (χ4v) is 7.55. The molecular weight excluding hydrogens is 694 g/mol. The molecule has 0 radical (unpaired) electrons. The molecule has 0 saturated carbocycles. The van der Waals surface area contributed by atoms with E-state index in [0.29, 0.717) is 21.6 Å². The van der Waals surface area contributed by atoms with E-state index in [4.69, 9.17) is 18.9 Å². The number of carbonyl (C=O) groups is 7. The van der Waals surface area contributed by atoms with Crippen LogP contribution in [0, 0.1) is 0 Å². The maximum atomic E-state index is 14.7. The van der Waals surface area contributed by atoms with Gasteiger partial charge in [0.15, 0.2) is 11.6 Å². The van der Waals surface area contributed by atoms with Crippen molar-refractivity contribution in [3.8, 4) is 0 Å². The second-order valence-corrected chi connectivity index (χ2v) is 12.8. The van der Waals surface area contributed by atoms with Crippen LogP contribution >= 0.6 is 11.8 Å². The molecule has 2 heterocycles. The lowest BCUT2D eigenvalue weighted by molar-refractivity contribution is -0.172. The Kier molecular flexibility index (Phi) is 12.3. The van der Waals surface area contributed by atoms with Gasteiger partial charge < -0.3 is 29.2 Å². The fraction of sp³-hybridized carbons (Fsp3) is 0.324. The lowest BCUT2D eigenvalue weighted by Crippen LogP contribution is -2.78. The van der Waals surface area contributed by atoms with Gasteiger partial charge in [0.05, 0.1) is 19.8 Å². The van der Waals surface area contributed by atoms with Gasteiger partial charge in [0, 0.05) is 11.3 Å². The zero-order valence-electron chi connectivity index (χ0n) is 28.4. The van der Waals surface area contributed by atoms with Crippen molar-refractivity contribution in [2.24, 2.45) is 0 Å². The molecule has 3 aromatic rings. The smallest absolute Gasteiger partial charge is 0.417 e. The number of nitrogens with zero attached hydrogens (tertiary/aromatic N) is 2. The maximum absolute atomic E-state index is 14.7. The molecule has 3 unspecified atom stereocenters. The Labute approximate surface area is 303 Å². The molecule has 4 amide bonds. The third kappa shape index (κ3) is 7.94. The average Bonchev–Trinajstić information content (AvgIpc) is 3.16. The number of amides is 4. The van der Waals surface area contributed by atoms with Gasteiger partial charge in [0.2, 0.25) is 17.9 Å². The molecule has 14 nitrogen and oxygen atoms in total. The summed E-state index contributed by atoms with van der Waals surface area (Å²) in [5, 5.41) is 1.89. The third-order valence-corrected chi connectivity index (χ3v) is 9.95. The number of hydrogen-bond acceptors (Lipinski definition) is 12. The van der Waals surface area contributed by atoms with Crippen LogP contribution in [0.5, 0.6) is 0 Å². The summed E-state index contributed by atoms with van der Waals surface area (Å²) in [5.41, 5.74) is -0.624. The van der Waals surface area contributed by atoms with Crippen molar-refractivity contribution in [1.29, 1.82) is 0 Å². The van der Waals surface area contributed by atoms with Crippen molar-refractivity contribution in [1.82, 2.24) is 15.1 Å². The van der Waals surface area contributed by atoms with Crippen LogP contribution in [-0.4, -0.2) is 94.5 Å². The largest absolute Gasteiger partial charge is 0.466 e. The van der Waals surface area contributed by atoms with Crippen molar-refractivity contribution in [3.63, 3.8) is 0 Å². The van der Waals surface area contributed by atoms with Crippen molar-refractivity contribution in [2.45, 2.75) is 49.4 Å².